The number of aryl methyl sites for hydroxylation is 1. The van der Waals surface area contributed by atoms with Gasteiger partial charge in [0.25, 0.3) is 0 Å². The first-order chi connectivity index (χ1) is 13.7. The van der Waals surface area contributed by atoms with Crippen molar-refractivity contribution in [3.8, 4) is 5.75 Å². The second-order valence-corrected chi connectivity index (χ2v) is 8.14. The van der Waals surface area contributed by atoms with E-state index in [2.05, 4.69) is 6.92 Å². The second-order valence-electron chi connectivity index (χ2n) is 8.14. The van der Waals surface area contributed by atoms with Crippen molar-refractivity contribution in [1.29, 1.82) is 0 Å². The van der Waals surface area contributed by atoms with Crippen LogP contribution in [0.2, 0.25) is 0 Å². The van der Waals surface area contributed by atoms with E-state index in [9.17, 15) is 9.59 Å². The quantitative estimate of drug-likeness (QED) is 0.743. The van der Waals surface area contributed by atoms with Crippen LogP contribution in [-0.4, -0.2) is 24.8 Å². The number of hydrogen-bond acceptors (Lipinski definition) is 3. The van der Waals surface area contributed by atoms with Crippen molar-refractivity contribution >= 4 is 17.4 Å². The Kier molecular flexibility index (Phi) is 4.04. The third-order valence-corrected chi connectivity index (χ3v) is 6.48. The van der Waals surface area contributed by atoms with E-state index >= 15 is 0 Å². The highest BCUT2D eigenvalue weighted by Gasteiger charge is 2.57. The topological polar surface area (TPSA) is 46.6 Å². The molecule has 2 aromatic carbocycles. The van der Waals surface area contributed by atoms with Crippen molar-refractivity contribution < 1.29 is 14.3 Å². The molecule has 1 atom stereocenters. The summed E-state index contributed by atoms with van der Waals surface area (Å²) in [7, 11) is 0. The van der Waals surface area contributed by atoms with Gasteiger partial charge in [0.15, 0.2) is 5.78 Å². The third-order valence-electron chi connectivity index (χ3n) is 6.48. The van der Waals surface area contributed by atoms with Crippen molar-refractivity contribution in [1.82, 2.24) is 0 Å². The molecule has 4 nitrogen and oxygen atoms in total. The summed E-state index contributed by atoms with van der Waals surface area (Å²) in [6.07, 6.45) is 5.30. The van der Waals surface area contributed by atoms with Gasteiger partial charge in [0.2, 0.25) is 5.91 Å². The average Bonchev–Trinajstić information content (AvgIpc) is 3.14. The van der Waals surface area contributed by atoms with Gasteiger partial charge in [-0.1, -0.05) is 38.0 Å². The van der Waals surface area contributed by atoms with Crippen molar-refractivity contribution in [2.24, 2.45) is 0 Å². The largest absolute Gasteiger partial charge is 0.493 e. The Morgan fingerprint density at radius 2 is 1.96 bits per heavy atom. The summed E-state index contributed by atoms with van der Waals surface area (Å²) in [6, 6.07) is 12.0. The number of fused-ring (bicyclic) bond motifs is 5. The first-order valence-corrected chi connectivity index (χ1v) is 10.4. The molecule has 5 rings (SSSR count). The molecule has 2 aromatic rings. The Balaban J connectivity index is 1.67. The summed E-state index contributed by atoms with van der Waals surface area (Å²) in [5.74, 6) is 0.961. The molecule has 144 valence electrons. The molecule has 1 amide bonds. The van der Waals surface area contributed by atoms with Crippen LogP contribution in [-0.2, 0) is 16.6 Å². The van der Waals surface area contributed by atoms with Gasteiger partial charge in [-0.2, -0.15) is 0 Å². The zero-order valence-corrected chi connectivity index (χ0v) is 16.3. The van der Waals surface area contributed by atoms with Crippen molar-refractivity contribution in [2.45, 2.75) is 50.9 Å². The summed E-state index contributed by atoms with van der Waals surface area (Å²) < 4.78 is 5.88. The summed E-state index contributed by atoms with van der Waals surface area (Å²) >= 11 is 0. The third kappa shape index (κ3) is 2.30. The predicted octanol–water partition coefficient (Wildman–Crippen LogP) is 4.42. The molecule has 3 aliphatic rings. The molecule has 1 aliphatic carbocycles. The predicted molar refractivity (Wildman–Crippen MR) is 108 cm³/mol. The van der Waals surface area contributed by atoms with Crippen molar-refractivity contribution in [3.05, 3.63) is 58.7 Å². The summed E-state index contributed by atoms with van der Waals surface area (Å²) in [6.45, 7) is 3.56. The van der Waals surface area contributed by atoms with E-state index in [1.165, 1.54) is 0 Å². The maximum absolute atomic E-state index is 13.8. The summed E-state index contributed by atoms with van der Waals surface area (Å²) in [4.78, 5) is 28.7. The van der Waals surface area contributed by atoms with E-state index in [4.69, 9.17) is 4.74 Å². The van der Waals surface area contributed by atoms with Crippen LogP contribution in [0, 0.1) is 0 Å². The Bertz CT molecular complexity index is 980. The highest BCUT2D eigenvalue weighted by molar-refractivity contribution is 6.18. The van der Waals surface area contributed by atoms with E-state index in [1.54, 1.807) is 0 Å². The van der Waals surface area contributed by atoms with Gasteiger partial charge < -0.3 is 9.64 Å². The fourth-order valence-corrected chi connectivity index (χ4v) is 5.11. The van der Waals surface area contributed by atoms with Crippen LogP contribution in [0.1, 0.15) is 66.1 Å². The molecule has 2 heterocycles. The molecular formula is C24H25NO3. The second kappa shape index (κ2) is 6.47. The van der Waals surface area contributed by atoms with Gasteiger partial charge >= 0.3 is 0 Å². The fourth-order valence-electron chi connectivity index (χ4n) is 5.11. The van der Waals surface area contributed by atoms with Crippen LogP contribution in [0.3, 0.4) is 0 Å². The lowest BCUT2D eigenvalue weighted by Crippen LogP contribution is -2.40. The standard InChI is InChI=1S/C24H25NO3/c1-2-3-6-11-25-20-10-5-4-9-18(20)24(23(25)27)15-21(26)17-13-16-8-7-12-28-22(16)14-19(17)24/h4-5,9-10,13-14H,2-3,6-8,11-12,15H2,1H3. The normalized spacial score (nSPS) is 22.2. The Morgan fingerprint density at radius 1 is 1.11 bits per heavy atom. The van der Waals surface area contributed by atoms with E-state index in [1.807, 2.05) is 41.3 Å². The van der Waals surface area contributed by atoms with Crippen LogP contribution >= 0.6 is 0 Å². The van der Waals surface area contributed by atoms with Gasteiger partial charge in [-0.05, 0) is 54.2 Å². The van der Waals surface area contributed by atoms with Crippen LogP contribution in [0.25, 0.3) is 0 Å². The molecule has 0 bridgehead atoms. The van der Waals surface area contributed by atoms with Crippen LogP contribution in [0.5, 0.6) is 5.75 Å². The first kappa shape index (κ1) is 17.5. The molecule has 28 heavy (non-hydrogen) atoms. The maximum atomic E-state index is 13.8. The van der Waals surface area contributed by atoms with E-state index in [-0.39, 0.29) is 18.1 Å². The SMILES string of the molecule is CCCCCN1C(=O)C2(CC(=O)c3cc4c(cc32)OCCC4)c2ccccc21. The van der Waals surface area contributed by atoms with Gasteiger partial charge in [0.05, 0.1) is 6.61 Å². The molecule has 0 radical (unpaired) electrons. The number of ketones is 1. The summed E-state index contributed by atoms with van der Waals surface area (Å²) in [5, 5.41) is 0. The molecule has 2 aliphatic heterocycles. The number of nitrogens with zero attached hydrogens (tertiary/aromatic N) is 1. The number of rotatable bonds is 4. The molecule has 0 aromatic heterocycles. The first-order valence-electron chi connectivity index (χ1n) is 10.4. The number of para-hydroxylation sites is 1. The lowest BCUT2D eigenvalue weighted by atomic mass is 9.76. The fraction of sp³-hybridized carbons (Fsp3) is 0.417. The Hall–Kier alpha value is -2.62. The average molecular weight is 375 g/mol. The van der Waals surface area contributed by atoms with E-state index in [0.29, 0.717) is 18.7 Å². The number of carbonyl (C=O) groups is 2. The van der Waals surface area contributed by atoms with Crippen molar-refractivity contribution in [2.75, 3.05) is 18.1 Å². The number of hydrogen-bond donors (Lipinski definition) is 0. The van der Waals surface area contributed by atoms with E-state index in [0.717, 1.165) is 60.2 Å². The zero-order valence-electron chi connectivity index (χ0n) is 16.3. The van der Waals surface area contributed by atoms with E-state index < -0.39 is 5.41 Å². The lowest BCUT2D eigenvalue weighted by Gasteiger charge is -2.26. The molecule has 1 unspecified atom stereocenters. The number of benzene rings is 2. The Labute approximate surface area is 165 Å². The number of ether oxygens (including phenoxy) is 1. The molecule has 0 N–H and O–H groups in total. The minimum absolute atomic E-state index is 0.0488. The van der Waals surface area contributed by atoms with Crippen molar-refractivity contribution in [3.63, 3.8) is 0 Å². The number of unbranched alkanes of at least 4 members (excludes halogenated alkanes) is 2. The monoisotopic (exact) mass is 375 g/mol. The highest BCUT2D eigenvalue weighted by Crippen LogP contribution is 2.54. The number of anilines is 1. The summed E-state index contributed by atoms with van der Waals surface area (Å²) in [5.41, 5.74) is 3.69. The van der Waals surface area contributed by atoms with Crippen LogP contribution < -0.4 is 9.64 Å². The van der Waals surface area contributed by atoms with Gasteiger partial charge in [-0.3, -0.25) is 9.59 Å². The number of carbonyl (C=O) groups excluding carboxylic acids is 2. The zero-order chi connectivity index (χ0) is 19.3. The minimum Gasteiger partial charge on any atom is -0.493 e. The van der Waals surface area contributed by atoms with Crippen LogP contribution in [0.4, 0.5) is 5.69 Å². The Morgan fingerprint density at radius 3 is 2.82 bits per heavy atom. The molecule has 4 heteroatoms. The smallest absolute Gasteiger partial charge is 0.242 e. The molecule has 0 fully saturated rings. The van der Waals surface area contributed by atoms with Gasteiger partial charge in [0.1, 0.15) is 11.2 Å². The highest BCUT2D eigenvalue weighted by atomic mass is 16.5. The maximum Gasteiger partial charge on any atom is 0.242 e. The molecular weight excluding hydrogens is 350 g/mol. The van der Waals surface area contributed by atoms with Gasteiger partial charge in [-0.25, -0.2) is 0 Å². The minimum atomic E-state index is -0.884. The number of Topliss-reactive ketones (excluding diaryl/α,β-unsaturated/α-hetero) is 1. The molecule has 0 saturated heterocycles. The number of amides is 1. The van der Waals surface area contributed by atoms with Gasteiger partial charge in [0, 0.05) is 24.2 Å². The molecule has 1 spiro atoms. The molecule has 0 saturated carbocycles. The van der Waals surface area contributed by atoms with Crippen LogP contribution in [0.15, 0.2) is 36.4 Å². The lowest BCUT2D eigenvalue weighted by molar-refractivity contribution is -0.121. The van der Waals surface area contributed by atoms with Gasteiger partial charge in [-0.15, -0.1) is 0 Å².